The Balaban J connectivity index is 0.000000411. The summed E-state index contributed by atoms with van der Waals surface area (Å²) in [7, 11) is 3.49. The third-order valence-electron chi connectivity index (χ3n) is 8.80. The summed E-state index contributed by atoms with van der Waals surface area (Å²) in [4.78, 5) is 25.2. The van der Waals surface area contributed by atoms with E-state index in [1.165, 1.54) is 13.5 Å². The lowest BCUT2D eigenvalue weighted by atomic mass is 9.79. The summed E-state index contributed by atoms with van der Waals surface area (Å²) in [6.07, 6.45) is 8.15. The number of halogens is 2. The highest BCUT2D eigenvalue weighted by atomic mass is 19.3. The van der Waals surface area contributed by atoms with E-state index in [9.17, 15) is 4.79 Å². The van der Waals surface area contributed by atoms with Crippen molar-refractivity contribution >= 4 is 24.7 Å². The summed E-state index contributed by atoms with van der Waals surface area (Å²) in [6, 6.07) is 7.49. The molecular formula is C34H47F2N5O5. The van der Waals surface area contributed by atoms with Crippen molar-refractivity contribution in [3.05, 3.63) is 70.8 Å². The van der Waals surface area contributed by atoms with Crippen molar-refractivity contribution in [2.24, 2.45) is 5.73 Å². The van der Waals surface area contributed by atoms with Gasteiger partial charge in [-0.15, -0.1) is 0 Å². The largest absolute Gasteiger partial charge is 0.481 e. The first-order valence-electron chi connectivity index (χ1n) is 15.6. The Bertz CT molecular complexity index is 1360. The second-order valence-electron chi connectivity index (χ2n) is 11.8. The number of allylic oxidation sites excluding steroid dienone is 5. The van der Waals surface area contributed by atoms with E-state index in [0.29, 0.717) is 53.8 Å². The van der Waals surface area contributed by atoms with E-state index < -0.39 is 11.5 Å². The van der Waals surface area contributed by atoms with Crippen molar-refractivity contribution in [2.45, 2.75) is 75.9 Å². The number of hydrogen-bond donors (Lipinski definition) is 2. The van der Waals surface area contributed by atoms with E-state index >= 15 is 8.78 Å². The molecule has 1 spiro atoms. The van der Waals surface area contributed by atoms with E-state index in [4.69, 9.17) is 18.8 Å². The first kappa shape index (κ1) is 36.7. The standard InChI is InChI=1S/C26H27F2N3O3.C6H13NO.CH5N.CH2O/c1-17(2)23-29-24(34-30-23)31-12-10-25(11-13-31)26(27,28)15-21-14-20(4-3-5-22(21)33-25)19-8-6-18(16-32)7-9-19;1-3-6(7-2)4-8-5-6;2*1-2/h4-9,14,16-17H,3,10-13,15H2,1-2H3;7H,3-5H2,1-2H3;2H2,1H3;1H2. The quantitative estimate of drug-likeness (QED) is 0.391. The molecule has 3 saturated heterocycles. The fraction of sp³-hybridized carbons (Fsp3) is 0.529. The van der Waals surface area contributed by atoms with Gasteiger partial charge in [0.15, 0.2) is 11.4 Å². The highest BCUT2D eigenvalue weighted by Crippen LogP contribution is 2.52. The Morgan fingerprint density at radius 1 is 1.11 bits per heavy atom. The predicted molar refractivity (Wildman–Crippen MR) is 174 cm³/mol. The molecule has 0 unspecified atom stereocenters. The van der Waals surface area contributed by atoms with Gasteiger partial charge in [-0.05, 0) is 50.2 Å². The lowest BCUT2D eigenvalue weighted by Crippen LogP contribution is -2.59. The van der Waals surface area contributed by atoms with Crippen molar-refractivity contribution in [3.8, 4) is 0 Å². The zero-order valence-electron chi connectivity index (χ0n) is 27.5. The lowest BCUT2D eigenvalue weighted by Gasteiger charge is -2.49. The Kier molecular flexibility index (Phi) is 12.9. The molecule has 1 aliphatic carbocycles. The molecule has 4 heterocycles. The summed E-state index contributed by atoms with van der Waals surface area (Å²) in [5.41, 5.74) is 6.08. The van der Waals surface area contributed by atoms with Crippen LogP contribution in [0, 0.1) is 0 Å². The van der Waals surface area contributed by atoms with Gasteiger partial charge in [0, 0.05) is 49.4 Å². The van der Waals surface area contributed by atoms with Crippen molar-refractivity contribution in [3.63, 3.8) is 0 Å². The number of likely N-dealkylation sites (N-methyl/N-ethyl adjacent to an activating group) is 1. The Hall–Kier alpha value is -3.74. The summed E-state index contributed by atoms with van der Waals surface area (Å²) < 4.78 is 47.7. The lowest BCUT2D eigenvalue weighted by molar-refractivity contribution is -0.212. The van der Waals surface area contributed by atoms with Crippen LogP contribution in [-0.2, 0) is 14.3 Å². The highest BCUT2D eigenvalue weighted by molar-refractivity contribution is 5.80. The average molecular weight is 644 g/mol. The van der Waals surface area contributed by atoms with Gasteiger partial charge in [0.1, 0.15) is 18.8 Å². The molecule has 6 rings (SSSR count). The van der Waals surface area contributed by atoms with Crippen molar-refractivity contribution in [1.82, 2.24) is 15.5 Å². The molecule has 252 valence electrons. The zero-order valence-corrected chi connectivity index (χ0v) is 27.5. The molecule has 0 amide bonds. The van der Waals surface area contributed by atoms with Crippen molar-refractivity contribution in [2.75, 3.05) is 45.3 Å². The SMILES string of the molecule is C=O.CC(C)c1noc(N2CCC3(CC2)OC2=CCC=C(c4ccc(C=O)cc4)C=C2CC3(F)F)n1.CCC1(NC)COC1.CN. The van der Waals surface area contributed by atoms with Gasteiger partial charge in [-0.2, -0.15) is 4.98 Å². The van der Waals surface area contributed by atoms with E-state index in [0.717, 1.165) is 30.6 Å². The van der Waals surface area contributed by atoms with Crippen LogP contribution in [0.15, 0.2) is 58.3 Å². The normalized spacial score (nSPS) is 20.2. The fourth-order valence-corrected chi connectivity index (χ4v) is 5.62. The maximum Gasteiger partial charge on any atom is 0.324 e. The maximum absolute atomic E-state index is 15.6. The molecule has 1 aromatic heterocycles. The van der Waals surface area contributed by atoms with Crippen molar-refractivity contribution in [1.29, 1.82) is 0 Å². The van der Waals surface area contributed by atoms with E-state index in [2.05, 4.69) is 28.1 Å². The number of benzene rings is 1. The van der Waals surface area contributed by atoms with E-state index in [-0.39, 0.29) is 25.2 Å². The zero-order chi connectivity index (χ0) is 34.0. The molecule has 0 bridgehead atoms. The molecule has 0 radical (unpaired) electrons. The molecule has 12 heteroatoms. The number of carbonyl (C=O) groups is 2. The van der Waals surface area contributed by atoms with Crippen LogP contribution in [0.25, 0.3) is 5.57 Å². The first-order chi connectivity index (χ1) is 22.1. The molecule has 3 N–H and O–H groups in total. The van der Waals surface area contributed by atoms with Crippen LogP contribution >= 0.6 is 0 Å². The van der Waals surface area contributed by atoms with Gasteiger partial charge in [0.2, 0.25) is 0 Å². The summed E-state index contributed by atoms with van der Waals surface area (Å²) in [5, 5.41) is 7.22. The summed E-state index contributed by atoms with van der Waals surface area (Å²) in [5.74, 6) is -1.74. The van der Waals surface area contributed by atoms with Crippen molar-refractivity contribution < 1.29 is 32.4 Å². The van der Waals surface area contributed by atoms with E-state index in [1.54, 1.807) is 18.2 Å². The third kappa shape index (κ3) is 7.97. The first-order valence-corrected chi connectivity index (χ1v) is 15.6. The molecule has 1 aromatic carbocycles. The Labute approximate surface area is 270 Å². The second-order valence-corrected chi connectivity index (χ2v) is 11.8. The summed E-state index contributed by atoms with van der Waals surface area (Å²) >= 11 is 0. The van der Waals surface area contributed by atoms with Crippen LogP contribution in [0.1, 0.15) is 80.5 Å². The predicted octanol–water partition coefficient (Wildman–Crippen LogP) is 5.47. The molecule has 10 nitrogen and oxygen atoms in total. The Morgan fingerprint density at radius 2 is 1.76 bits per heavy atom. The minimum atomic E-state index is -3.02. The van der Waals surface area contributed by atoms with Crippen LogP contribution in [0.4, 0.5) is 14.8 Å². The number of fused-ring (bicyclic) bond motifs is 1. The van der Waals surface area contributed by atoms with Gasteiger partial charge in [0.05, 0.1) is 18.8 Å². The van der Waals surface area contributed by atoms with Crippen LogP contribution in [0.2, 0.25) is 0 Å². The number of nitrogens with one attached hydrogen (secondary N) is 1. The van der Waals surface area contributed by atoms with Gasteiger partial charge < -0.3 is 34.7 Å². The molecular weight excluding hydrogens is 596 g/mol. The number of aromatic nitrogens is 2. The van der Waals surface area contributed by atoms with Crippen LogP contribution in [0.5, 0.6) is 0 Å². The average Bonchev–Trinajstić information content (AvgIpc) is 3.48. The monoisotopic (exact) mass is 643 g/mol. The number of hydrogen-bond acceptors (Lipinski definition) is 10. The molecule has 0 atom stereocenters. The number of carbonyl (C=O) groups excluding carboxylic acids is 2. The number of alkyl halides is 2. The molecule has 2 aromatic rings. The van der Waals surface area contributed by atoms with Gasteiger partial charge in [-0.1, -0.05) is 56.3 Å². The van der Waals surface area contributed by atoms with Crippen LogP contribution < -0.4 is 16.0 Å². The number of aldehydes is 1. The molecule has 0 saturated carbocycles. The number of rotatable bonds is 6. The second kappa shape index (κ2) is 16.2. The molecule has 3 aliphatic heterocycles. The molecule has 46 heavy (non-hydrogen) atoms. The minimum Gasteiger partial charge on any atom is -0.481 e. The fourth-order valence-electron chi connectivity index (χ4n) is 5.62. The topological polar surface area (TPSA) is 133 Å². The Morgan fingerprint density at radius 3 is 2.24 bits per heavy atom. The minimum absolute atomic E-state index is 0.133. The molecule has 4 aliphatic rings. The number of nitrogens with two attached hydrogens (primary N) is 1. The third-order valence-corrected chi connectivity index (χ3v) is 8.80. The van der Waals surface area contributed by atoms with Crippen LogP contribution in [-0.4, -0.2) is 80.7 Å². The van der Waals surface area contributed by atoms with Gasteiger partial charge >= 0.3 is 6.01 Å². The van der Waals surface area contributed by atoms with Gasteiger partial charge in [-0.3, -0.25) is 4.79 Å². The molecule has 3 fully saturated rings. The van der Waals surface area contributed by atoms with Crippen LogP contribution in [0.3, 0.4) is 0 Å². The number of anilines is 1. The number of piperidine rings is 1. The maximum atomic E-state index is 15.6. The smallest absolute Gasteiger partial charge is 0.324 e. The summed E-state index contributed by atoms with van der Waals surface area (Å²) in [6.45, 7) is 10.6. The van der Waals surface area contributed by atoms with Gasteiger partial charge in [0.25, 0.3) is 5.92 Å². The highest BCUT2D eigenvalue weighted by Gasteiger charge is 2.60. The number of nitrogens with zero attached hydrogens (tertiary/aromatic N) is 3. The number of ether oxygens (including phenoxy) is 2. The van der Waals surface area contributed by atoms with E-state index in [1.807, 2.05) is 56.9 Å². The van der Waals surface area contributed by atoms with Gasteiger partial charge in [-0.25, -0.2) is 8.78 Å².